The number of hydrogen-bond donors (Lipinski definition) is 1. The second kappa shape index (κ2) is 13.4. The van der Waals surface area contributed by atoms with Gasteiger partial charge in [0.15, 0.2) is 0 Å². The molecule has 3 heterocycles. The molecule has 0 radical (unpaired) electrons. The number of anilines is 1. The Labute approximate surface area is 233 Å². The van der Waals surface area contributed by atoms with Crippen molar-refractivity contribution in [1.82, 2.24) is 19.4 Å². The van der Waals surface area contributed by atoms with Crippen molar-refractivity contribution in [3.05, 3.63) is 92.7 Å². The molecule has 1 amide bonds. The highest BCUT2D eigenvalue weighted by molar-refractivity contribution is 5.93. The molecular weight excluding hydrogens is 486 g/mol. The minimum atomic E-state index is -0.112. The minimum Gasteiger partial charge on any atom is -0.398 e. The number of aromatic nitrogens is 2. The molecule has 1 fully saturated rings. The third-order valence-corrected chi connectivity index (χ3v) is 7.29. The summed E-state index contributed by atoms with van der Waals surface area (Å²) in [5.74, 6) is 0.545. The van der Waals surface area contributed by atoms with Gasteiger partial charge in [0.2, 0.25) is 0 Å². The number of benzene rings is 1. The van der Waals surface area contributed by atoms with Crippen molar-refractivity contribution in [3.8, 4) is 5.69 Å². The summed E-state index contributed by atoms with van der Waals surface area (Å²) in [6.45, 7) is 12.8. The summed E-state index contributed by atoms with van der Waals surface area (Å²) in [7, 11) is 3.55. The average Bonchev–Trinajstić information content (AvgIpc) is 2.94. The fraction of sp³-hybridized carbons (Fsp3) is 0.406. The summed E-state index contributed by atoms with van der Waals surface area (Å²) < 4.78 is 1.66. The molecule has 4 rings (SSSR count). The summed E-state index contributed by atoms with van der Waals surface area (Å²) in [6, 6.07) is 11.7. The van der Waals surface area contributed by atoms with Gasteiger partial charge < -0.3 is 10.6 Å². The third-order valence-electron chi connectivity index (χ3n) is 7.29. The number of nitrogen functional groups attached to an aromatic ring is 1. The van der Waals surface area contributed by atoms with Crippen molar-refractivity contribution < 1.29 is 4.79 Å². The topological polar surface area (TPSA) is 84.5 Å². The Kier molecular flexibility index (Phi) is 10.2. The number of rotatable bonds is 6. The molecule has 7 nitrogen and oxygen atoms in total. The molecule has 1 aliphatic heterocycles. The maximum absolute atomic E-state index is 12.9. The smallest absolute Gasteiger partial charge is 0.260 e. The molecule has 1 saturated heterocycles. The zero-order valence-electron chi connectivity index (χ0n) is 24.5. The number of pyridine rings is 2. The molecule has 2 N–H and O–H groups in total. The Morgan fingerprint density at radius 1 is 1.08 bits per heavy atom. The molecule has 0 spiro atoms. The number of nitrogens with two attached hydrogens (primary N) is 1. The van der Waals surface area contributed by atoms with Gasteiger partial charge in [0.25, 0.3) is 11.5 Å². The first-order chi connectivity index (χ1) is 18.7. The van der Waals surface area contributed by atoms with Crippen LogP contribution in [-0.2, 0) is 0 Å². The van der Waals surface area contributed by atoms with Crippen LogP contribution in [0.2, 0.25) is 0 Å². The predicted molar refractivity (Wildman–Crippen MR) is 162 cm³/mol. The number of piperidine rings is 1. The van der Waals surface area contributed by atoms with Gasteiger partial charge in [-0.2, -0.15) is 0 Å². The van der Waals surface area contributed by atoms with Crippen LogP contribution in [0.4, 0.5) is 5.69 Å². The molecule has 208 valence electrons. The number of nitrogens with zero attached hydrogens (tertiary/aromatic N) is 4. The molecule has 39 heavy (non-hydrogen) atoms. The first-order valence-electron chi connectivity index (χ1n) is 13.8. The molecule has 0 bridgehead atoms. The van der Waals surface area contributed by atoms with Crippen molar-refractivity contribution in [2.45, 2.75) is 53.4 Å². The first-order valence-corrected chi connectivity index (χ1v) is 13.8. The molecular formula is C32H43N5O2. The van der Waals surface area contributed by atoms with Crippen LogP contribution in [0.3, 0.4) is 0 Å². The van der Waals surface area contributed by atoms with Gasteiger partial charge in [0.1, 0.15) is 0 Å². The zero-order chi connectivity index (χ0) is 28.7. The molecule has 0 unspecified atom stereocenters. The number of carbonyl (C=O) groups is 1. The summed E-state index contributed by atoms with van der Waals surface area (Å²) >= 11 is 0. The van der Waals surface area contributed by atoms with Gasteiger partial charge in [-0.1, -0.05) is 37.6 Å². The summed E-state index contributed by atoms with van der Waals surface area (Å²) in [5, 5.41) is 0. The lowest BCUT2D eigenvalue weighted by atomic mass is 9.88. The van der Waals surface area contributed by atoms with E-state index in [1.165, 1.54) is 11.1 Å². The Bertz CT molecular complexity index is 1360. The van der Waals surface area contributed by atoms with Gasteiger partial charge in [-0.25, -0.2) is 0 Å². The predicted octanol–water partition coefficient (Wildman–Crippen LogP) is 5.44. The Balaban J connectivity index is 0.00000205. The maximum atomic E-state index is 12.9. The molecule has 1 aliphatic rings. The Hall–Kier alpha value is -3.71. The van der Waals surface area contributed by atoms with E-state index in [9.17, 15) is 9.59 Å². The molecule has 3 aromatic rings. The molecule has 2 aromatic heterocycles. The maximum Gasteiger partial charge on any atom is 0.260 e. The van der Waals surface area contributed by atoms with Crippen LogP contribution in [0.25, 0.3) is 11.8 Å². The van der Waals surface area contributed by atoms with Crippen molar-refractivity contribution in [1.29, 1.82) is 0 Å². The van der Waals surface area contributed by atoms with Gasteiger partial charge in [-0.15, -0.1) is 0 Å². The van der Waals surface area contributed by atoms with E-state index in [-0.39, 0.29) is 11.5 Å². The molecule has 7 heteroatoms. The monoisotopic (exact) mass is 529 g/mol. The van der Waals surface area contributed by atoms with Gasteiger partial charge >= 0.3 is 0 Å². The zero-order valence-corrected chi connectivity index (χ0v) is 24.5. The Morgan fingerprint density at radius 3 is 2.33 bits per heavy atom. The third kappa shape index (κ3) is 7.03. The Morgan fingerprint density at radius 2 is 1.72 bits per heavy atom. The van der Waals surface area contributed by atoms with Gasteiger partial charge in [0.05, 0.1) is 5.69 Å². The highest BCUT2D eigenvalue weighted by atomic mass is 16.2. The van der Waals surface area contributed by atoms with Gasteiger partial charge in [0, 0.05) is 61.1 Å². The average molecular weight is 530 g/mol. The van der Waals surface area contributed by atoms with Crippen LogP contribution in [-0.4, -0.2) is 59.0 Å². The summed E-state index contributed by atoms with van der Waals surface area (Å²) in [4.78, 5) is 33.6. The number of carbonyl (C=O) groups excluding carboxylic acids is 1. The standard InChI is InChI=1S/C30H37N5O2.C2H6/c1-20(18-26-22(3)32-14-10-28(26)35-17-13-27(31)21(2)29(35)36)19-34-15-11-24(12-16-34)23-6-8-25(9-7-23)30(37)33(4)5;1-2/h6-10,13-14,17-18,24H,11-12,15-16,19,31H2,1-5H3;1-2H3/b20-18+;. The van der Waals surface area contributed by atoms with Crippen molar-refractivity contribution in [2.75, 3.05) is 39.5 Å². The van der Waals surface area contributed by atoms with E-state index < -0.39 is 0 Å². The normalized spacial score (nSPS) is 14.5. The van der Waals surface area contributed by atoms with E-state index in [4.69, 9.17) is 5.73 Å². The van der Waals surface area contributed by atoms with Gasteiger partial charge in [-0.3, -0.25) is 24.0 Å². The second-order valence-electron chi connectivity index (χ2n) is 10.3. The van der Waals surface area contributed by atoms with Crippen molar-refractivity contribution in [3.63, 3.8) is 0 Å². The quantitative estimate of drug-likeness (QED) is 0.460. The van der Waals surface area contributed by atoms with Crippen LogP contribution in [0.1, 0.15) is 72.3 Å². The highest BCUT2D eigenvalue weighted by Gasteiger charge is 2.21. The van der Waals surface area contributed by atoms with Crippen LogP contribution >= 0.6 is 0 Å². The van der Waals surface area contributed by atoms with E-state index in [1.54, 1.807) is 48.9 Å². The summed E-state index contributed by atoms with van der Waals surface area (Å²) in [6.07, 6.45) is 7.81. The number of amides is 1. The van der Waals surface area contributed by atoms with Crippen molar-refractivity contribution in [2.24, 2.45) is 0 Å². The first kappa shape index (κ1) is 29.8. The van der Waals surface area contributed by atoms with Crippen LogP contribution in [0, 0.1) is 13.8 Å². The van der Waals surface area contributed by atoms with E-state index in [0.29, 0.717) is 17.2 Å². The van der Waals surface area contributed by atoms with E-state index in [1.807, 2.05) is 39.0 Å². The van der Waals surface area contributed by atoms with Crippen LogP contribution < -0.4 is 11.3 Å². The number of hydrogen-bond acceptors (Lipinski definition) is 5. The number of aryl methyl sites for hydroxylation is 1. The molecule has 0 aliphatic carbocycles. The minimum absolute atomic E-state index is 0.0343. The van der Waals surface area contributed by atoms with Gasteiger partial charge in [-0.05, 0) is 82.4 Å². The molecule has 0 saturated carbocycles. The lowest BCUT2D eigenvalue weighted by molar-refractivity contribution is 0.0827. The molecule has 0 atom stereocenters. The fourth-order valence-electron chi connectivity index (χ4n) is 5.02. The summed E-state index contributed by atoms with van der Waals surface area (Å²) in [5.41, 5.74) is 12.8. The van der Waals surface area contributed by atoms with E-state index in [2.05, 4.69) is 35.0 Å². The van der Waals surface area contributed by atoms with Crippen molar-refractivity contribution >= 4 is 17.7 Å². The van der Waals surface area contributed by atoms with E-state index in [0.717, 1.165) is 55.0 Å². The van der Waals surface area contributed by atoms with E-state index >= 15 is 0 Å². The highest BCUT2D eigenvalue weighted by Crippen LogP contribution is 2.29. The lowest BCUT2D eigenvalue weighted by Gasteiger charge is -2.32. The largest absolute Gasteiger partial charge is 0.398 e. The number of likely N-dealkylation sites (tertiary alicyclic amines) is 1. The van der Waals surface area contributed by atoms with Crippen LogP contribution in [0.15, 0.2) is 59.2 Å². The molecule has 1 aromatic carbocycles. The second-order valence-corrected chi connectivity index (χ2v) is 10.3. The fourth-order valence-corrected chi connectivity index (χ4v) is 5.02. The lowest BCUT2D eigenvalue weighted by Crippen LogP contribution is -2.34. The SMILES string of the molecule is C/C(=C\c1c(-n2ccc(N)c(C)c2=O)ccnc1C)CN1CCC(c2ccc(C(=O)N(C)C)cc2)CC1.CC. The van der Waals surface area contributed by atoms with Crippen LogP contribution in [0.5, 0.6) is 0 Å².